The van der Waals surface area contributed by atoms with Gasteiger partial charge < -0.3 is 10.8 Å². The van der Waals surface area contributed by atoms with E-state index in [1.54, 1.807) is 0 Å². The number of rotatable bonds is 4. The second-order valence-corrected chi connectivity index (χ2v) is 4.65. The predicted molar refractivity (Wildman–Crippen MR) is 55.5 cm³/mol. The minimum Gasteiger partial charge on any atom is -0.390 e. The maximum atomic E-state index is 10.1. The second kappa shape index (κ2) is 4.97. The fourth-order valence-electron chi connectivity index (χ4n) is 2.21. The fourth-order valence-corrected chi connectivity index (χ4v) is 2.21. The van der Waals surface area contributed by atoms with Crippen molar-refractivity contribution in [3.05, 3.63) is 0 Å². The topological polar surface area (TPSA) is 46.2 Å². The molecule has 0 aromatic carbocycles. The van der Waals surface area contributed by atoms with E-state index in [0.717, 1.165) is 32.1 Å². The number of hydrogen-bond donors (Lipinski definition) is 2. The summed E-state index contributed by atoms with van der Waals surface area (Å²) in [5, 5.41) is 10.1. The van der Waals surface area contributed by atoms with Crippen LogP contribution in [0.25, 0.3) is 0 Å². The highest BCUT2D eigenvalue weighted by atomic mass is 16.3. The Hall–Kier alpha value is -0.0800. The zero-order valence-corrected chi connectivity index (χ0v) is 8.76. The van der Waals surface area contributed by atoms with E-state index >= 15 is 0 Å². The molecular weight excluding hydrogens is 162 g/mol. The van der Waals surface area contributed by atoms with Crippen LogP contribution < -0.4 is 5.73 Å². The molecule has 0 aromatic rings. The molecule has 1 atom stereocenters. The quantitative estimate of drug-likeness (QED) is 0.705. The van der Waals surface area contributed by atoms with Gasteiger partial charge in [0.15, 0.2) is 0 Å². The van der Waals surface area contributed by atoms with Gasteiger partial charge in [0.2, 0.25) is 0 Å². The number of hydrogen-bond acceptors (Lipinski definition) is 2. The Morgan fingerprint density at radius 2 is 1.92 bits per heavy atom. The molecule has 0 spiro atoms. The van der Waals surface area contributed by atoms with E-state index in [2.05, 4.69) is 0 Å². The third kappa shape index (κ3) is 4.10. The number of nitrogens with two attached hydrogens (primary N) is 1. The van der Waals surface area contributed by atoms with Crippen LogP contribution in [-0.2, 0) is 0 Å². The summed E-state index contributed by atoms with van der Waals surface area (Å²) in [6.45, 7) is 2.03. The lowest BCUT2D eigenvalue weighted by Gasteiger charge is -2.32. The summed E-state index contributed by atoms with van der Waals surface area (Å²) in [6, 6.07) is 0.284. The predicted octanol–water partition coefficient (Wildman–Crippen LogP) is 2.20. The van der Waals surface area contributed by atoms with Crippen molar-refractivity contribution in [2.45, 2.75) is 69.9 Å². The molecule has 1 unspecified atom stereocenters. The molecule has 2 nitrogen and oxygen atoms in total. The largest absolute Gasteiger partial charge is 0.390 e. The van der Waals surface area contributed by atoms with Crippen molar-refractivity contribution < 1.29 is 5.11 Å². The Balaban J connectivity index is 2.17. The van der Waals surface area contributed by atoms with Crippen molar-refractivity contribution in [2.24, 2.45) is 5.73 Å². The van der Waals surface area contributed by atoms with Crippen molar-refractivity contribution in [1.82, 2.24) is 0 Å². The van der Waals surface area contributed by atoms with Crippen molar-refractivity contribution in [2.75, 3.05) is 0 Å². The van der Waals surface area contributed by atoms with Crippen molar-refractivity contribution in [1.29, 1.82) is 0 Å². The maximum Gasteiger partial charge on any atom is 0.0647 e. The van der Waals surface area contributed by atoms with Crippen LogP contribution in [0.15, 0.2) is 0 Å². The molecule has 1 aliphatic rings. The Labute approximate surface area is 81.5 Å². The fraction of sp³-hybridized carbons (Fsp3) is 1.00. The first-order valence-corrected chi connectivity index (χ1v) is 5.60. The van der Waals surface area contributed by atoms with Gasteiger partial charge in [0.25, 0.3) is 0 Å². The van der Waals surface area contributed by atoms with Crippen LogP contribution in [0.5, 0.6) is 0 Å². The van der Waals surface area contributed by atoms with Crippen LogP contribution in [-0.4, -0.2) is 16.7 Å². The molecule has 78 valence electrons. The van der Waals surface area contributed by atoms with E-state index in [1.165, 1.54) is 19.3 Å². The van der Waals surface area contributed by atoms with Gasteiger partial charge in [-0.3, -0.25) is 0 Å². The minimum atomic E-state index is -0.340. The summed E-state index contributed by atoms with van der Waals surface area (Å²) < 4.78 is 0. The molecule has 1 aliphatic carbocycles. The lowest BCUT2D eigenvalue weighted by molar-refractivity contribution is -0.00598. The molecule has 13 heavy (non-hydrogen) atoms. The van der Waals surface area contributed by atoms with E-state index in [4.69, 9.17) is 5.73 Å². The summed E-state index contributed by atoms with van der Waals surface area (Å²) in [6.07, 6.45) is 8.79. The highest BCUT2D eigenvalue weighted by molar-refractivity contribution is 4.82. The number of aliphatic hydroxyl groups is 1. The summed E-state index contributed by atoms with van der Waals surface area (Å²) >= 11 is 0. The van der Waals surface area contributed by atoms with Gasteiger partial charge in [-0.1, -0.05) is 19.3 Å². The molecule has 1 fully saturated rings. The molecule has 1 rings (SSSR count). The minimum absolute atomic E-state index is 0.284. The van der Waals surface area contributed by atoms with Gasteiger partial charge in [-0.15, -0.1) is 0 Å². The van der Waals surface area contributed by atoms with Gasteiger partial charge in [0.1, 0.15) is 0 Å². The highest BCUT2D eigenvalue weighted by Gasteiger charge is 2.28. The Morgan fingerprint density at radius 3 is 2.46 bits per heavy atom. The van der Waals surface area contributed by atoms with Crippen molar-refractivity contribution >= 4 is 0 Å². The Bertz CT molecular complexity index is 139. The molecule has 0 saturated heterocycles. The van der Waals surface area contributed by atoms with Crippen molar-refractivity contribution in [3.63, 3.8) is 0 Å². The molecule has 1 saturated carbocycles. The van der Waals surface area contributed by atoms with Crippen LogP contribution in [0.2, 0.25) is 0 Å². The van der Waals surface area contributed by atoms with E-state index < -0.39 is 0 Å². The van der Waals surface area contributed by atoms with E-state index in [-0.39, 0.29) is 11.6 Å². The molecule has 0 heterocycles. The molecule has 0 amide bonds. The van der Waals surface area contributed by atoms with Gasteiger partial charge in [-0.05, 0) is 39.0 Å². The summed E-state index contributed by atoms with van der Waals surface area (Å²) in [5.74, 6) is 0. The summed E-state index contributed by atoms with van der Waals surface area (Å²) in [4.78, 5) is 0. The van der Waals surface area contributed by atoms with Crippen LogP contribution in [0.4, 0.5) is 0 Å². The van der Waals surface area contributed by atoms with Crippen LogP contribution in [0.3, 0.4) is 0 Å². The molecule has 0 bridgehead atoms. The third-order valence-corrected chi connectivity index (χ3v) is 3.09. The van der Waals surface area contributed by atoms with E-state index in [9.17, 15) is 5.11 Å². The average Bonchev–Trinajstić information content (AvgIpc) is 2.04. The summed E-state index contributed by atoms with van der Waals surface area (Å²) in [7, 11) is 0. The zero-order chi connectivity index (χ0) is 9.73. The van der Waals surface area contributed by atoms with Gasteiger partial charge in [-0.25, -0.2) is 0 Å². The first-order chi connectivity index (χ1) is 6.12. The van der Waals surface area contributed by atoms with Gasteiger partial charge >= 0.3 is 0 Å². The van der Waals surface area contributed by atoms with Crippen LogP contribution >= 0.6 is 0 Å². The van der Waals surface area contributed by atoms with E-state index in [0.29, 0.717) is 0 Å². The Morgan fingerprint density at radius 1 is 1.31 bits per heavy atom. The van der Waals surface area contributed by atoms with E-state index in [1.807, 2.05) is 6.92 Å². The molecular formula is C11H23NO. The molecule has 2 heteroatoms. The molecule has 0 aliphatic heterocycles. The molecule has 0 radical (unpaired) electrons. The van der Waals surface area contributed by atoms with Crippen molar-refractivity contribution in [3.8, 4) is 0 Å². The zero-order valence-electron chi connectivity index (χ0n) is 8.76. The smallest absolute Gasteiger partial charge is 0.0647 e. The average molecular weight is 185 g/mol. The lowest BCUT2D eigenvalue weighted by atomic mass is 9.81. The van der Waals surface area contributed by atoms with Crippen LogP contribution in [0, 0.1) is 0 Å². The molecule has 0 aromatic heterocycles. The third-order valence-electron chi connectivity index (χ3n) is 3.09. The second-order valence-electron chi connectivity index (χ2n) is 4.65. The first-order valence-electron chi connectivity index (χ1n) is 5.60. The molecule has 3 N–H and O–H groups in total. The van der Waals surface area contributed by atoms with Crippen LogP contribution in [0.1, 0.15) is 58.3 Å². The first kappa shape index (κ1) is 11.0. The summed E-state index contributed by atoms with van der Waals surface area (Å²) in [5.41, 5.74) is 5.33. The van der Waals surface area contributed by atoms with Gasteiger partial charge in [0, 0.05) is 6.04 Å². The van der Waals surface area contributed by atoms with Gasteiger partial charge in [-0.2, -0.15) is 0 Å². The lowest BCUT2D eigenvalue weighted by Crippen LogP contribution is -2.31. The van der Waals surface area contributed by atoms with Gasteiger partial charge in [0.05, 0.1) is 5.60 Å². The monoisotopic (exact) mass is 185 g/mol. The highest BCUT2D eigenvalue weighted by Crippen LogP contribution is 2.32. The standard InChI is InChI=1S/C11H23NO/c1-10(12)6-5-9-11(13)7-3-2-4-8-11/h10,13H,2-9,12H2,1H3. The maximum absolute atomic E-state index is 10.1. The SMILES string of the molecule is CC(N)CCCC1(O)CCCCC1. The Kier molecular flexibility index (Phi) is 4.20. The normalized spacial score (nSPS) is 24.2.